The highest BCUT2D eigenvalue weighted by atomic mass is 16.5. The number of rotatable bonds is 6. The Balaban J connectivity index is 2.83. The zero-order valence-corrected chi connectivity index (χ0v) is 11.5. The van der Waals surface area contributed by atoms with E-state index >= 15 is 0 Å². The van der Waals surface area contributed by atoms with Crippen LogP contribution >= 0.6 is 0 Å². The van der Waals surface area contributed by atoms with Crippen molar-refractivity contribution in [1.29, 1.82) is 5.26 Å². The molecule has 0 aliphatic heterocycles. The number of benzene rings is 1. The van der Waals surface area contributed by atoms with Gasteiger partial charge in [0.15, 0.2) is 0 Å². The van der Waals surface area contributed by atoms with E-state index in [1.807, 2.05) is 6.07 Å². The molecule has 0 aliphatic carbocycles. The van der Waals surface area contributed by atoms with Crippen LogP contribution in [0, 0.1) is 11.3 Å². The van der Waals surface area contributed by atoms with Gasteiger partial charge in [-0.1, -0.05) is 12.1 Å². The maximum atomic E-state index is 11.8. The van der Waals surface area contributed by atoms with Crippen molar-refractivity contribution in [3.63, 3.8) is 0 Å². The van der Waals surface area contributed by atoms with Crippen molar-refractivity contribution < 1.29 is 14.3 Å². The molecular formula is C14H17N3O3. The lowest BCUT2D eigenvalue weighted by Crippen LogP contribution is -2.41. The van der Waals surface area contributed by atoms with Crippen molar-refractivity contribution in [2.24, 2.45) is 0 Å². The number of anilines is 1. The van der Waals surface area contributed by atoms with Crippen molar-refractivity contribution in [1.82, 2.24) is 5.32 Å². The minimum Gasteiger partial charge on any atom is -0.383 e. The van der Waals surface area contributed by atoms with E-state index in [4.69, 9.17) is 10.00 Å². The van der Waals surface area contributed by atoms with Gasteiger partial charge in [-0.3, -0.25) is 9.59 Å². The van der Waals surface area contributed by atoms with Crippen LogP contribution in [0.5, 0.6) is 0 Å². The van der Waals surface area contributed by atoms with Crippen LogP contribution in [0.3, 0.4) is 0 Å². The van der Waals surface area contributed by atoms with E-state index in [1.165, 1.54) is 18.9 Å². The van der Waals surface area contributed by atoms with E-state index < -0.39 is 0 Å². The minimum absolute atomic E-state index is 0.127. The number of nitrogens with zero attached hydrogens (tertiary/aromatic N) is 2. The first-order valence-electron chi connectivity index (χ1n) is 6.13. The highest BCUT2D eigenvalue weighted by molar-refractivity contribution is 5.98. The SMILES string of the molecule is COCCNC(=O)CN(C(C)=O)c1ccccc1C#N. The van der Waals surface area contributed by atoms with E-state index in [9.17, 15) is 9.59 Å². The fourth-order valence-corrected chi connectivity index (χ4v) is 1.66. The highest BCUT2D eigenvalue weighted by Gasteiger charge is 2.18. The molecule has 0 unspecified atom stereocenters. The Morgan fingerprint density at radius 3 is 2.70 bits per heavy atom. The van der Waals surface area contributed by atoms with Gasteiger partial charge in [0, 0.05) is 20.6 Å². The molecule has 1 aromatic rings. The molecule has 0 saturated carbocycles. The molecule has 2 amide bonds. The summed E-state index contributed by atoms with van der Waals surface area (Å²) in [6.45, 7) is 2.01. The average molecular weight is 275 g/mol. The van der Waals surface area contributed by atoms with E-state index in [2.05, 4.69) is 5.32 Å². The molecule has 0 saturated heterocycles. The Morgan fingerprint density at radius 2 is 2.10 bits per heavy atom. The Labute approximate surface area is 117 Å². The molecule has 0 aliphatic rings. The summed E-state index contributed by atoms with van der Waals surface area (Å²) >= 11 is 0. The van der Waals surface area contributed by atoms with Crippen LogP contribution in [0.1, 0.15) is 12.5 Å². The Morgan fingerprint density at radius 1 is 1.40 bits per heavy atom. The standard InChI is InChI=1S/C14H17N3O3/c1-11(18)17(10-14(19)16-7-8-20-2)13-6-4-3-5-12(13)9-15/h3-6H,7-8,10H2,1-2H3,(H,16,19). The lowest BCUT2D eigenvalue weighted by molar-refractivity contribution is -0.123. The van der Waals surface area contributed by atoms with Gasteiger partial charge in [-0.05, 0) is 12.1 Å². The summed E-state index contributed by atoms with van der Waals surface area (Å²) in [6.07, 6.45) is 0. The number of nitrogens with one attached hydrogen (secondary N) is 1. The second-order valence-corrected chi connectivity index (χ2v) is 4.08. The summed E-state index contributed by atoms with van der Waals surface area (Å²) in [5.74, 6) is -0.598. The first kappa shape index (κ1) is 15.7. The van der Waals surface area contributed by atoms with E-state index in [1.54, 1.807) is 24.3 Å². The number of methoxy groups -OCH3 is 1. The van der Waals surface area contributed by atoms with Gasteiger partial charge in [-0.2, -0.15) is 5.26 Å². The van der Waals surface area contributed by atoms with Crippen LogP contribution in [0.15, 0.2) is 24.3 Å². The molecule has 0 spiro atoms. The molecule has 1 N–H and O–H groups in total. The monoisotopic (exact) mass is 275 g/mol. The average Bonchev–Trinajstić information content (AvgIpc) is 2.44. The summed E-state index contributed by atoms with van der Waals surface area (Å²) in [5, 5.41) is 11.7. The van der Waals surface area contributed by atoms with Crippen molar-refractivity contribution in [3.05, 3.63) is 29.8 Å². The minimum atomic E-state index is -0.301. The molecule has 0 radical (unpaired) electrons. The number of para-hydroxylation sites is 1. The number of amides is 2. The van der Waals surface area contributed by atoms with E-state index in [0.29, 0.717) is 24.4 Å². The lowest BCUT2D eigenvalue weighted by Gasteiger charge is -2.21. The third-order valence-corrected chi connectivity index (χ3v) is 2.63. The van der Waals surface area contributed by atoms with Gasteiger partial charge in [0.2, 0.25) is 11.8 Å². The quantitative estimate of drug-likeness (QED) is 0.774. The third kappa shape index (κ3) is 4.37. The fraction of sp³-hybridized carbons (Fsp3) is 0.357. The van der Waals surface area contributed by atoms with Crippen LogP contribution in [-0.2, 0) is 14.3 Å². The zero-order valence-electron chi connectivity index (χ0n) is 11.5. The summed E-state index contributed by atoms with van der Waals surface area (Å²) < 4.78 is 4.83. The Kier molecular flexibility index (Phi) is 6.20. The smallest absolute Gasteiger partial charge is 0.240 e. The highest BCUT2D eigenvalue weighted by Crippen LogP contribution is 2.19. The summed E-state index contributed by atoms with van der Waals surface area (Å²) in [7, 11) is 1.54. The Hall–Kier alpha value is -2.39. The summed E-state index contributed by atoms with van der Waals surface area (Å²) in [4.78, 5) is 24.7. The summed E-state index contributed by atoms with van der Waals surface area (Å²) in [5.41, 5.74) is 0.789. The maximum Gasteiger partial charge on any atom is 0.240 e. The molecule has 0 bridgehead atoms. The lowest BCUT2D eigenvalue weighted by atomic mass is 10.1. The molecule has 1 rings (SSSR count). The molecule has 20 heavy (non-hydrogen) atoms. The number of hydrogen-bond acceptors (Lipinski definition) is 4. The molecule has 0 fully saturated rings. The van der Waals surface area contributed by atoms with Crippen LogP contribution < -0.4 is 10.2 Å². The molecule has 0 aromatic heterocycles. The molecule has 0 atom stereocenters. The first-order chi connectivity index (χ1) is 9.60. The second-order valence-electron chi connectivity index (χ2n) is 4.08. The van der Waals surface area contributed by atoms with Gasteiger partial charge in [0.05, 0.1) is 17.9 Å². The van der Waals surface area contributed by atoms with Crippen molar-refractivity contribution in [2.75, 3.05) is 31.7 Å². The molecule has 6 nitrogen and oxygen atoms in total. The zero-order chi connectivity index (χ0) is 15.0. The number of hydrogen-bond donors (Lipinski definition) is 1. The van der Waals surface area contributed by atoms with Crippen LogP contribution in [-0.4, -0.2) is 38.6 Å². The maximum absolute atomic E-state index is 11.8. The van der Waals surface area contributed by atoms with Crippen molar-refractivity contribution >= 4 is 17.5 Å². The number of ether oxygens (including phenoxy) is 1. The number of nitriles is 1. The summed E-state index contributed by atoms with van der Waals surface area (Å²) in [6, 6.07) is 8.68. The van der Waals surface area contributed by atoms with Gasteiger partial charge in [-0.15, -0.1) is 0 Å². The number of carbonyl (C=O) groups is 2. The molecule has 6 heteroatoms. The Bertz CT molecular complexity index is 523. The van der Waals surface area contributed by atoms with Gasteiger partial charge < -0.3 is 15.0 Å². The third-order valence-electron chi connectivity index (χ3n) is 2.63. The predicted octanol–water partition coefficient (Wildman–Crippen LogP) is 0.674. The molecule has 1 aromatic carbocycles. The second kappa shape index (κ2) is 7.92. The largest absolute Gasteiger partial charge is 0.383 e. The van der Waals surface area contributed by atoms with Crippen molar-refractivity contribution in [2.45, 2.75) is 6.92 Å². The predicted molar refractivity (Wildman–Crippen MR) is 74.1 cm³/mol. The van der Waals surface area contributed by atoms with Crippen LogP contribution in [0.4, 0.5) is 5.69 Å². The topological polar surface area (TPSA) is 82.4 Å². The van der Waals surface area contributed by atoms with E-state index in [-0.39, 0.29) is 18.4 Å². The van der Waals surface area contributed by atoms with Gasteiger partial charge in [-0.25, -0.2) is 0 Å². The first-order valence-corrected chi connectivity index (χ1v) is 6.13. The van der Waals surface area contributed by atoms with Gasteiger partial charge >= 0.3 is 0 Å². The fourth-order valence-electron chi connectivity index (χ4n) is 1.66. The normalized spacial score (nSPS) is 9.65. The molecule has 0 heterocycles. The van der Waals surface area contributed by atoms with E-state index in [0.717, 1.165) is 0 Å². The van der Waals surface area contributed by atoms with Gasteiger partial charge in [0.1, 0.15) is 12.6 Å². The molecule has 106 valence electrons. The molecular weight excluding hydrogens is 258 g/mol. The number of carbonyl (C=O) groups excluding carboxylic acids is 2. The van der Waals surface area contributed by atoms with Crippen LogP contribution in [0.2, 0.25) is 0 Å². The van der Waals surface area contributed by atoms with Crippen molar-refractivity contribution in [3.8, 4) is 6.07 Å². The van der Waals surface area contributed by atoms with Crippen LogP contribution in [0.25, 0.3) is 0 Å². The van der Waals surface area contributed by atoms with Gasteiger partial charge in [0.25, 0.3) is 0 Å².